The molecule has 130 valence electrons. The lowest BCUT2D eigenvalue weighted by atomic mass is 10.0. The Kier molecular flexibility index (Phi) is 6.71. The lowest BCUT2D eigenvalue weighted by Crippen LogP contribution is -2.33. The number of carbonyl (C=O) groups excluding carboxylic acids is 2. The third-order valence-electron chi connectivity index (χ3n) is 3.72. The first-order chi connectivity index (χ1) is 12.1. The summed E-state index contributed by atoms with van der Waals surface area (Å²) >= 11 is 5.99. The van der Waals surface area contributed by atoms with Gasteiger partial charge in [-0.15, -0.1) is 0 Å². The number of hydrogen-bond acceptors (Lipinski definition) is 3. The normalized spacial score (nSPS) is 10.7. The Morgan fingerprint density at radius 3 is 2.24 bits per heavy atom. The average Bonchev–Trinajstić information content (AvgIpc) is 2.63. The number of carbonyl (C=O) groups is 2. The molecule has 0 radical (unpaired) electrons. The Hall–Kier alpha value is -2.66. The molecule has 0 fully saturated rings. The summed E-state index contributed by atoms with van der Waals surface area (Å²) in [6.45, 7) is 4.00. The fourth-order valence-corrected chi connectivity index (χ4v) is 2.55. The van der Waals surface area contributed by atoms with Gasteiger partial charge in [-0.25, -0.2) is 5.43 Å². The van der Waals surface area contributed by atoms with Crippen molar-refractivity contribution in [2.24, 2.45) is 5.10 Å². The van der Waals surface area contributed by atoms with Crippen molar-refractivity contribution >= 4 is 35.3 Å². The molecule has 2 aromatic carbocycles. The van der Waals surface area contributed by atoms with Crippen LogP contribution in [0.1, 0.15) is 30.5 Å². The minimum absolute atomic E-state index is 0.509. The van der Waals surface area contributed by atoms with E-state index in [1.54, 1.807) is 24.3 Å². The molecule has 0 heterocycles. The van der Waals surface area contributed by atoms with Gasteiger partial charge in [-0.3, -0.25) is 9.59 Å². The Bertz CT molecular complexity index is 781. The topological polar surface area (TPSA) is 70.6 Å². The SMILES string of the molecule is CCc1cccc(CC)c1NC(=O)C(=O)N/N=C\c1ccccc1Cl. The van der Waals surface area contributed by atoms with Gasteiger partial charge in [0.1, 0.15) is 0 Å². The second-order valence-corrected chi connectivity index (χ2v) is 5.74. The molecule has 0 atom stereocenters. The number of hydrazone groups is 1. The van der Waals surface area contributed by atoms with Gasteiger partial charge in [0.25, 0.3) is 0 Å². The molecule has 0 saturated carbocycles. The molecule has 0 aliphatic carbocycles. The highest BCUT2D eigenvalue weighted by Crippen LogP contribution is 2.22. The zero-order chi connectivity index (χ0) is 18.2. The number of nitrogens with one attached hydrogen (secondary N) is 2. The third kappa shape index (κ3) is 4.90. The van der Waals surface area contributed by atoms with Gasteiger partial charge in [-0.1, -0.05) is 61.8 Å². The van der Waals surface area contributed by atoms with E-state index in [1.165, 1.54) is 6.21 Å². The molecule has 6 heteroatoms. The van der Waals surface area contributed by atoms with Gasteiger partial charge in [0.05, 0.1) is 6.21 Å². The standard InChI is InChI=1S/C19H20ClN3O2/c1-3-13-9-7-10-14(4-2)17(13)22-18(24)19(25)23-21-12-15-8-5-6-11-16(15)20/h5-12H,3-4H2,1-2H3,(H,22,24)(H,23,25)/b21-12-. The summed E-state index contributed by atoms with van der Waals surface area (Å²) in [4.78, 5) is 24.1. The molecule has 2 amide bonds. The van der Waals surface area contributed by atoms with Crippen molar-refractivity contribution in [1.29, 1.82) is 0 Å². The van der Waals surface area contributed by atoms with Crippen LogP contribution in [0.15, 0.2) is 47.6 Å². The van der Waals surface area contributed by atoms with E-state index in [-0.39, 0.29) is 0 Å². The molecular formula is C19H20ClN3O2. The Labute approximate surface area is 152 Å². The van der Waals surface area contributed by atoms with Crippen LogP contribution in [0.25, 0.3) is 0 Å². The summed E-state index contributed by atoms with van der Waals surface area (Å²) in [6.07, 6.45) is 2.91. The number of anilines is 1. The van der Waals surface area contributed by atoms with Crippen LogP contribution in [0.5, 0.6) is 0 Å². The maximum Gasteiger partial charge on any atom is 0.329 e. The van der Waals surface area contributed by atoms with Gasteiger partial charge in [0.15, 0.2) is 0 Å². The van der Waals surface area contributed by atoms with E-state index in [4.69, 9.17) is 11.6 Å². The second kappa shape index (κ2) is 8.99. The number of rotatable bonds is 5. The number of halogens is 1. The summed E-state index contributed by atoms with van der Waals surface area (Å²) in [6, 6.07) is 12.9. The van der Waals surface area contributed by atoms with Crippen LogP contribution >= 0.6 is 11.6 Å². The number of para-hydroxylation sites is 1. The van der Waals surface area contributed by atoms with Crippen molar-refractivity contribution in [1.82, 2.24) is 5.43 Å². The summed E-state index contributed by atoms with van der Waals surface area (Å²) in [5.74, 6) is -1.59. The third-order valence-corrected chi connectivity index (χ3v) is 4.06. The summed E-state index contributed by atoms with van der Waals surface area (Å²) in [7, 11) is 0. The van der Waals surface area contributed by atoms with E-state index in [0.29, 0.717) is 16.3 Å². The van der Waals surface area contributed by atoms with Gasteiger partial charge < -0.3 is 5.32 Å². The zero-order valence-corrected chi connectivity index (χ0v) is 14.9. The Morgan fingerprint density at radius 1 is 1.00 bits per heavy atom. The number of aryl methyl sites for hydroxylation is 2. The maximum absolute atomic E-state index is 12.1. The lowest BCUT2D eigenvalue weighted by Gasteiger charge is -2.13. The van der Waals surface area contributed by atoms with Crippen molar-refractivity contribution < 1.29 is 9.59 Å². The molecule has 0 spiro atoms. The molecule has 0 unspecified atom stereocenters. The van der Waals surface area contributed by atoms with Gasteiger partial charge in [0, 0.05) is 16.3 Å². The maximum atomic E-state index is 12.1. The van der Waals surface area contributed by atoms with Gasteiger partial charge in [-0.05, 0) is 30.0 Å². The fraction of sp³-hybridized carbons (Fsp3) is 0.211. The lowest BCUT2D eigenvalue weighted by molar-refractivity contribution is -0.136. The van der Waals surface area contributed by atoms with Crippen molar-refractivity contribution in [3.63, 3.8) is 0 Å². The molecule has 0 aromatic heterocycles. The van der Waals surface area contributed by atoms with E-state index in [1.807, 2.05) is 32.0 Å². The van der Waals surface area contributed by atoms with Crippen LogP contribution in [0.2, 0.25) is 5.02 Å². The van der Waals surface area contributed by atoms with Crippen LogP contribution in [0, 0.1) is 0 Å². The number of nitrogens with zero attached hydrogens (tertiary/aromatic N) is 1. The first-order valence-electron chi connectivity index (χ1n) is 8.06. The molecule has 2 aromatic rings. The van der Waals surface area contributed by atoms with E-state index in [2.05, 4.69) is 15.8 Å². The van der Waals surface area contributed by atoms with Gasteiger partial charge >= 0.3 is 11.8 Å². The fourth-order valence-electron chi connectivity index (χ4n) is 2.36. The van der Waals surface area contributed by atoms with Crippen molar-refractivity contribution in [2.75, 3.05) is 5.32 Å². The molecule has 0 saturated heterocycles. The van der Waals surface area contributed by atoms with Gasteiger partial charge in [0.2, 0.25) is 0 Å². The monoisotopic (exact) mass is 357 g/mol. The molecule has 2 N–H and O–H groups in total. The molecule has 2 rings (SSSR count). The van der Waals surface area contributed by atoms with Crippen molar-refractivity contribution in [2.45, 2.75) is 26.7 Å². The van der Waals surface area contributed by atoms with Crippen LogP contribution in [-0.2, 0) is 22.4 Å². The second-order valence-electron chi connectivity index (χ2n) is 5.33. The Morgan fingerprint density at radius 2 is 1.64 bits per heavy atom. The predicted molar refractivity (Wildman–Crippen MR) is 101 cm³/mol. The van der Waals surface area contributed by atoms with Crippen molar-refractivity contribution in [3.8, 4) is 0 Å². The molecule has 0 bridgehead atoms. The Balaban J connectivity index is 2.04. The number of hydrogen-bond donors (Lipinski definition) is 2. The van der Waals surface area contributed by atoms with E-state index in [9.17, 15) is 9.59 Å². The summed E-state index contributed by atoms with van der Waals surface area (Å²) in [5, 5.41) is 6.98. The number of amides is 2. The molecular weight excluding hydrogens is 338 g/mol. The van der Waals surface area contributed by atoms with E-state index >= 15 is 0 Å². The quantitative estimate of drug-likeness (QED) is 0.488. The highest BCUT2D eigenvalue weighted by Gasteiger charge is 2.16. The molecule has 5 nitrogen and oxygen atoms in total. The van der Waals surface area contributed by atoms with Crippen LogP contribution in [-0.4, -0.2) is 18.0 Å². The van der Waals surface area contributed by atoms with E-state index in [0.717, 1.165) is 24.0 Å². The molecule has 0 aliphatic heterocycles. The summed E-state index contributed by atoms with van der Waals surface area (Å²) < 4.78 is 0. The van der Waals surface area contributed by atoms with Crippen LogP contribution in [0.3, 0.4) is 0 Å². The van der Waals surface area contributed by atoms with Crippen molar-refractivity contribution in [3.05, 3.63) is 64.2 Å². The summed E-state index contributed by atoms with van der Waals surface area (Å²) in [5.41, 5.74) is 5.53. The highest BCUT2D eigenvalue weighted by molar-refractivity contribution is 6.39. The van der Waals surface area contributed by atoms with Crippen LogP contribution in [0.4, 0.5) is 5.69 Å². The average molecular weight is 358 g/mol. The first kappa shape index (κ1) is 18.7. The highest BCUT2D eigenvalue weighted by atomic mass is 35.5. The molecule has 0 aliphatic rings. The minimum Gasteiger partial charge on any atom is -0.317 e. The van der Waals surface area contributed by atoms with Gasteiger partial charge in [-0.2, -0.15) is 5.10 Å². The first-order valence-corrected chi connectivity index (χ1v) is 8.44. The smallest absolute Gasteiger partial charge is 0.317 e. The molecule has 25 heavy (non-hydrogen) atoms. The zero-order valence-electron chi connectivity index (χ0n) is 14.2. The minimum atomic E-state index is -0.837. The predicted octanol–water partition coefficient (Wildman–Crippen LogP) is 3.55. The van der Waals surface area contributed by atoms with Crippen LogP contribution < -0.4 is 10.7 Å². The van der Waals surface area contributed by atoms with E-state index < -0.39 is 11.8 Å². The largest absolute Gasteiger partial charge is 0.329 e. The number of benzene rings is 2.